The van der Waals surface area contributed by atoms with E-state index in [9.17, 15) is 8.42 Å². The fourth-order valence-corrected chi connectivity index (χ4v) is 2.45. The monoisotopic (exact) mass is 247 g/mol. The maximum Gasteiger partial charge on any atom is 0.239 e. The van der Waals surface area contributed by atoms with E-state index in [1.807, 2.05) is 0 Å². The molecule has 15 heavy (non-hydrogen) atoms. The predicted octanol–water partition coefficient (Wildman–Crippen LogP) is 1.42. The molecule has 0 spiro atoms. The lowest BCUT2D eigenvalue weighted by molar-refractivity contribution is 0.587. The number of rotatable bonds is 3. The molecule has 82 valence electrons. The van der Waals surface area contributed by atoms with Crippen molar-refractivity contribution in [2.45, 2.75) is 24.5 Å². The summed E-state index contributed by atoms with van der Waals surface area (Å²) in [4.78, 5) is 0. The van der Waals surface area contributed by atoms with Crippen molar-refractivity contribution in [1.82, 2.24) is 10.2 Å². The van der Waals surface area contributed by atoms with E-state index in [0.29, 0.717) is 12.8 Å². The van der Waals surface area contributed by atoms with Crippen LogP contribution >= 0.6 is 11.6 Å². The average molecular weight is 248 g/mol. The van der Waals surface area contributed by atoms with E-state index in [2.05, 4.69) is 14.9 Å². The zero-order valence-electron chi connectivity index (χ0n) is 8.07. The van der Waals surface area contributed by atoms with Gasteiger partial charge in [-0.1, -0.05) is 11.6 Å². The van der Waals surface area contributed by atoms with Crippen LogP contribution in [0.25, 0.3) is 0 Å². The van der Waals surface area contributed by atoms with Crippen LogP contribution in [0.2, 0.25) is 5.15 Å². The normalized spacial score (nSPS) is 18.5. The summed E-state index contributed by atoms with van der Waals surface area (Å²) in [5.74, 6) is 0.201. The van der Waals surface area contributed by atoms with Crippen molar-refractivity contribution in [2.75, 3.05) is 4.72 Å². The summed E-state index contributed by atoms with van der Waals surface area (Å²) in [6, 6.07) is 2.97. The molecule has 1 heterocycles. The van der Waals surface area contributed by atoms with Gasteiger partial charge >= 0.3 is 0 Å². The molecule has 1 N–H and O–H groups in total. The second-order valence-corrected chi connectivity index (χ2v) is 6.38. The SMILES string of the molecule is CC1(S(=O)(=O)Nc2ccc(Cl)nn2)CC1. The molecule has 1 aromatic heterocycles. The fourth-order valence-electron chi connectivity index (χ4n) is 1.08. The first-order valence-electron chi connectivity index (χ1n) is 4.45. The second-order valence-electron chi connectivity index (χ2n) is 3.80. The molecule has 2 rings (SSSR count). The minimum absolute atomic E-state index is 0.201. The van der Waals surface area contributed by atoms with Crippen molar-refractivity contribution >= 4 is 27.4 Å². The summed E-state index contributed by atoms with van der Waals surface area (Å²) in [5.41, 5.74) is 0. The van der Waals surface area contributed by atoms with Crippen LogP contribution in [0.15, 0.2) is 12.1 Å². The van der Waals surface area contributed by atoms with Gasteiger partial charge in [0.15, 0.2) is 11.0 Å². The maximum absolute atomic E-state index is 11.8. The lowest BCUT2D eigenvalue weighted by Gasteiger charge is -2.11. The molecule has 1 saturated carbocycles. The summed E-state index contributed by atoms with van der Waals surface area (Å²) in [6.45, 7) is 1.71. The summed E-state index contributed by atoms with van der Waals surface area (Å²) < 4.78 is 25.3. The predicted molar refractivity (Wildman–Crippen MR) is 57.2 cm³/mol. The van der Waals surface area contributed by atoms with E-state index in [4.69, 9.17) is 11.6 Å². The molecule has 1 aliphatic carbocycles. The quantitative estimate of drug-likeness (QED) is 0.877. The summed E-state index contributed by atoms with van der Waals surface area (Å²) >= 11 is 5.53. The third-order valence-electron chi connectivity index (χ3n) is 2.47. The summed E-state index contributed by atoms with van der Waals surface area (Å²) in [7, 11) is -3.35. The Balaban J connectivity index is 2.19. The molecule has 0 radical (unpaired) electrons. The first-order chi connectivity index (χ1) is 6.93. The molecule has 0 aromatic carbocycles. The molecule has 0 aliphatic heterocycles. The Kier molecular flexibility index (Phi) is 2.35. The lowest BCUT2D eigenvalue weighted by atomic mass is 10.5. The average Bonchev–Trinajstić information content (AvgIpc) is 2.89. The summed E-state index contributed by atoms with van der Waals surface area (Å²) in [6.07, 6.45) is 1.37. The molecule has 1 aliphatic rings. The number of aromatic nitrogens is 2. The first kappa shape index (κ1) is 10.6. The van der Waals surface area contributed by atoms with Gasteiger partial charge in [0.1, 0.15) is 0 Å². The molecule has 0 saturated heterocycles. The Labute approximate surface area is 92.9 Å². The zero-order chi connectivity index (χ0) is 11.1. The highest BCUT2D eigenvalue weighted by molar-refractivity contribution is 7.94. The van der Waals surface area contributed by atoms with Gasteiger partial charge in [0.25, 0.3) is 0 Å². The van der Waals surface area contributed by atoms with E-state index < -0.39 is 14.8 Å². The van der Waals surface area contributed by atoms with E-state index in [1.165, 1.54) is 12.1 Å². The Morgan fingerprint density at radius 2 is 2.07 bits per heavy atom. The highest BCUT2D eigenvalue weighted by atomic mass is 35.5. The second kappa shape index (κ2) is 3.31. The van der Waals surface area contributed by atoms with E-state index >= 15 is 0 Å². The molecular formula is C8H10ClN3O2S. The van der Waals surface area contributed by atoms with Crippen LogP contribution in [-0.2, 0) is 10.0 Å². The van der Waals surface area contributed by atoms with Crippen molar-refractivity contribution in [1.29, 1.82) is 0 Å². The molecule has 5 nitrogen and oxygen atoms in total. The van der Waals surface area contributed by atoms with E-state index in [1.54, 1.807) is 6.92 Å². The Morgan fingerprint density at radius 3 is 2.53 bits per heavy atom. The number of nitrogens with one attached hydrogen (secondary N) is 1. The van der Waals surface area contributed by atoms with Gasteiger partial charge in [0, 0.05) is 0 Å². The van der Waals surface area contributed by atoms with Gasteiger partial charge in [-0.15, -0.1) is 10.2 Å². The van der Waals surface area contributed by atoms with Crippen LogP contribution in [0.3, 0.4) is 0 Å². The zero-order valence-corrected chi connectivity index (χ0v) is 9.64. The molecule has 1 aromatic rings. The van der Waals surface area contributed by atoms with Crippen molar-refractivity contribution in [3.63, 3.8) is 0 Å². The number of hydrogen-bond acceptors (Lipinski definition) is 4. The van der Waals surface area contributed by atoms with Gasteiger partial charge in [0.2, 0.25) is 10.0 Å². The minimum Gasteiger partial charge on any atom is -0.265 e. The van der Waals surface area contributed by atoms with Gasteiger partial charge in [0.05, 0.1) is 4.75 Å². The van der Waals surface area contributed by atoms with Crippen molar-refractivity contribution < 1.29 is 8.42 Å². The Bertz CT molecular complexity index is 467. The van der Waals surface area contributed by atoms with Gasteiger partial charge < -0.3 is 0 Å². The molecule has 1 fully saturated rings. The molecule has 7 heteroatoms. The molecule has 0 amide bonds. The van der Waals surface area contributed by atoms with Crippen LogP contribution in [0.5, 0.6) is 0 Å². The molecular weight excluding hydrogens is 238 g/mol. The van der Waals surface area contributed by atoms with Crippen molar-refractivity contribution in [2.24, 2.45) is 0 Å². The molecule has 0 atom stereocenters. The third-order valence-corrected chi connectivity index (χ3v) is 4.86. The van der Waals surface area contributed by atoms with Crippen LogP contribution in [0.4, 0.5) is 5.82 Å². The summed E-state index contributed by atoms with van der Waals surface area (Å²) in [5, 5.41) is 7.42. The number of halogens is 1. The van der Waals surface area contributed by atoms with Crippen LogP contribution in [0, 0.1) is 0 Å². The lowest BCUT2D eigenvalue weighted by Crippen LogP contribution is -2.27. The maximum atomic E-state index is 11.8. The highest BCUT2D eigenvalue weighted by Gasteiger charge is 2.50. The van der Waals surface area contributed by atoms with E-state index in [-0.39, 0.29) is 11.0 Å². The topological polar surface area (TPSA) is 72.0 Å². The van der Waals surface area contributed by atoms with E-state index in [0.717, 1.165) is 0 Å². The smallest absolute Gasteiger partial charge is 0.239 e. The Morgan fingerprint density at radius 1 is 1.40 bits per heavy atom. The van der Waals surface area contributed by atoms with Gasteiger partial charge in [-0.05, 0) is 31.9 Å². The minimum atomic E-state index is -3.35. The van der Waals surface area contributed by atoms with Gasteiger partial charge in [-0.3, -0.25) is 4.72 Å². The van der Waals surface area contributed by atoms with Crippen molar-refractivity contribution in [3.05, 3.63) is 17.3 Å². The Hall–Kier alpha value is -0.880. The van der Waals surface area contributed by atoms with Crippen LogP contribution < -0.4 is 4.72 Å². The molecule has 0 bridgehead atoms. The number of anilines is 1. The fraction of sp³-hybridized carbons (Fsp3) is 0.500. The van der Waals surface area contributed by atoms with Crippen LogP contribution in [-0.4, -0.2) is 23.4 Å². The van der Waals surface area contributed by atoms with Gasteiger partial charge in [-0.25, -0.2) is 8.42 Å². The van der Waals surface area contributed by atoms with Gasteiger partial charge in [-0.2, -0.15) is 0 Å². The standard InChI is InChI=1S/C8H10ClN3O2S/c1-8(4-5-8)15(13,14)12-7-3-2-6(9)10-11-7/h2-3H,4-5H2,1H3,(H,11,12). The molecule has 0 unspecified atom stereocenters. The highest BCUT2D eigenvalue weighted by Crippen LogP contribution is 2.43. The van der Waals surface area contributed by atoms with Crippen molar-refractivity contribution in [3.8, 4) is 0 Å². The largest absolute Gasteiger partial charge is 0.265 e. The number of sulfonamides is 1. The third kappa shape index (κ3) is 2.05. The number of hydrogen-bond donors (Lipinski definition) is 1. The first-order valence-corrected chi connectivity index (χ1v) is 6.31. The number of nitrogens with zero attached hydrogens (tertiary/aromatic N) is 2. The van der Waals surface area contributed by atoms with Crippen LogP contribution in [0.1, 0.15) is 19.8 Å².